The Labute approximate surface area is 95.7 Å². The van der Waals surface area contributed by atoms with E-state index in [-0.39, 0.29) is 4.84 Å². The van der Waals surface area contributed by atoms with Crippen LogP contribution < -0.4 is 9.47 Å². The monoisotopic (exact) mass is 245 g/mol. The molecule has 6 heteroatoms. The Morgan fingerprint density at radius 1 is 1.40 bits per heavy atom. The van der Waals surface area contributed by atoms with Gasteiger partial charge in [-0.15, -0.1) is 0 Å². The zero-order chi connectivity index (χ0) is 11.0. The second-order valence-corrected chi connectivity index (χ2v) is 3.59. The van der Waals surface area contributed by atoms with Gasteiger partial charge in [-0.25, -0.2) is 0 Å². The molecule has 2 rings (SSSR count). The molecule has 0 radical (unpaired) electrons. The molecule has 0 fully saturated rings. The summed E-state index contributed by atoms with van der Waals surface area (Å²) in [5, 5.41) is 0.475. The van der Waals surface area contributed by atoms with Crippen LogP contribution in [-0.2, 0) is 0 Å². The topological polar surface area (TPSA) is 47.4 Å². The van der Waals surface area contributed by atoms with Crippen molar-refractivity contribution in [2.24, 2.45) is 0 Å². The van der Waals surface area contributed by atoms with Crippen molar-refractivity contribution < 1.29 is 13.9 Å². The van der Waals surface area contributed by atoms with E-state index in [2.05, 4.69) is 4.98 Å². The first-order chi connectivity index (χ1) is 7.17. The second kappa shape index (κ2) is 3.75. The Kier molecular flexibility index (Phi) is 2.58. The molecule has 0 aliphatic heterocycles. The molecular formula is C9H8ClNO3S. The van der Waals surface area contributed by atoms with Crippen LogP contribution >= 0.6 is 23.8 Å². The third-order valence-electron chi connectivity index (χ3n) is 2.00. The number of hydrogen-bond acceptors (Lipinski definition) is 4. The van der Waals surface area contributed by atoms with Crippen LogP contribution in [0.4, 0.5) is 0 Å². The molecule has 15 heavy (non-hydrogen) atoms. The Morgan fingerprint density at radius 2 is 2.13 bits per heavy atom. The number of benzene rings is 1. The van der Waals surface area contributed by atoms with Crippen LogP contribution in [0.15, 0.2) is 10.5 Å². The predicted molar refractivity (Wildman–Crippen MR) is 59.5 cm³/mol. The fourth-order valence-electron chi connectivity index (χ4n) is 1.37. The van der Waals surface area contributed by atoms with Crippen LogP contribution in [0.5, 0.6) is 11.5 Å². The van der Waals surface area contributed by atoms with Gasteiger partial charge in [0.15, 0.2) is 5.75 Å². The van der Waals surface area contributed by atoms with Crippen molar-refractivity contribution in [3.8, 4) is 11.5 Å². The normalized spacial score (nSPS) is 10.6. The Morgan fingerprint density at radius 3 is 2.73 bits per heavy atom. The van der Waals surface area contributed by atoms with Crippen molar-refractivity contribution in [3.05, 3.63) is 15.9 Å². The number of hydrogen-bond donors (Lipinski definition) is 1. The van der Waals surface area contributed by atoms with Gasteiger partial charge >= 0.3 is 0 Å². The highest BCUT2D eigenvalue weighted by atomic mass is 35.5. The van der Waals surface area contributed by atoms with Crippen molar-refractivity contribution in [1.82, 2.24) is 4.98 Å². The first-order valence-corrected chi connectivity index (χ1v) is 4.89. The van der Waals surface area contributed by atoms with Crippen LogP contribution in [0.3, 0.4) is 0 Å². The van der Waals surface area contributed by atoms with Crippen LogP contribution in [-0.4, -0.2) is 19.2 Å². The summed E-state index contributed by atoms with van der Waals surface area (Å²) < 4.78 is 15.6. The Balaban J connectivity index is 2.90. The summed E-state index contributed by atoms with van der Waals surface area (Å²) in [7, 11) is 3.05. The standard InChI is InChI=1S/C9H8ClNO3S/c1-12-5-3-4(10)6-8(7(5)13-2)14-9(15)11-6/h3H,1-2H3,(H,11,15). The fraction of sp³-hybridized carbons (Fsp3) is 0.222. The van der Waals surface area contributed by atoms with Gasteiger partial charge in [-0.1, -0.05) is 11.6 Å². The molecule has 0 aliphatic carbocycles. The molecule has 1 aromatic heterocycles. The van der Waals surface area contributed by atoms with E-state index in [1.54, 1.807) is 6.07 Å². The number of methoxy groups -OCH3 is 2. The number of oxazole rings is 1. The second-order valence-electron chi connectivity index (χ2n) is 2.81. The van der Waals surface area contributed by atoms with Crippen molar-refractivity contribution >= 4 is 34.9 Å². The number of rotatable bonds is 2. The number of aromatic nitrogens is 1. The number of H-pyrrole nitrogens is 1. The van der Waals surface area contributed by atoms with Gasteiger partial charge in [0, 0.05) is 6.07 Å². The number of aromatic amines is 1. The van der Waals surface area contributed by atoms with Crippen LogP contribution in [0.2, 0.25) is 5.02 Å². The molecule has 0 bridgehead atoms. The number of halogens is 1. The van der Waals surface area contributed by atoms with E-state index in [0.717, 1.165) is 0 Å². The molecule has 1 aromatic carbocycles. The molecule has 1 heterocycles. The smallest absolute Gasteiger partial charge is 0.267 e. The van der Waals surface area contributed by atoms with Crippen molar-refractivity contribution in [2.45, 2.75) is 0 Å². The molecule has 0 aliphatic rings. The minimum Gasteiger partial charge on any atom is -0.493 e. The van der Waals surface area contributed by atoms with Gasteiger partial charge in [0.05, 0.1) is 19.2 Å². The maximum atomic E-state index is 6.01. The summed E-state index contributed by atoms with van der Waals surface area (Å²) in [6.07, 6.45) is 0. The number of fused-ring (bicyclic) bond motifs is 1. The van der Waals surface area contributed by atoms with E-state index in [1.807, 2.05) is 0 Å². The van der Waals surface area contributed by atoms with E-state index in [1.165, 1.54) is 14.2 Å². The maximum absolute atomic E-state index is 6.01. The quantitative estimate of drug-likeness (QED) is 0.826. The molecular weight excluding hydrogens is 238 g/mol. The molecule has 0 saturated heterocycles. The molecule has 0 saturated carbocycles. The van der Waals surface area contributed by atoms with Crippen molar-refractivity contribution in [1.29, 1.82) is 0 Å². The largest absolute Gasteiger partial charge is 0.493 e. The summed E-state index contributed by atoms with van der Waals surface area (Å²) in [4.78, 5) is 3.08. The van der Waals surface area contributed by atoms with E-state index < -0.39 is 0 Å². The average molecular weight is 246 g/mol. The van der Waals surface area contributed by atoms with E-state index >= 15 is 0 Å². The lowest BCUT2D eigenvalue weighted by Gasteiger charge is -2.07. The highest BCUT2D eigenvalue weighted by Gasteiger charge is 2.16. The molecule has 0 spiro atoms. The SMILES string of the molecule is COc1cc(Cl)c2[nH]c(=S)oc2c1OC. The van der Waals surface area contributed by atoms with Gasteiger partial charge in [0.1, 0.15) is 5.52 Å². The van der Waals surface area contributed by atoms with Gasteiger partial charge in [-0.2, -0.15) is 0 Å². The summed E-state index contributed by atoms with van der Waals surface area (Å²) >= 11 is 10.9. The minimum atomic E-state index is 0.249. The van der Waals surface area contributed by atoms with E-state index in [0.29, 0.717) is 27.6 Å². The first-order valence-electron chi connectivity index (χ1n) is 4.10. The van der Waals surface area contributed by atoms with Gasteiger partial charge in [0.25, 0.3) is 4.84 Å². The lowest BCUT2D eigenvalue weighted by Crippen LogP contribution is -1.91. The van der Waals surface area contributed by atoms with E-state index in [4.69, 9.17) is 37.7 Å². The summed E-state index contributed by atoms with van der Waals surface area (Å²) in [6.45, 7) is 0. The number of nitrogens with one attached hydrogen (secondary N) is 1. The first kappa shape index (κ1) is 10.3. The van der Waals surface area contributed by atoms with Crippen molar-refractivity contribution in [2.75, 3.05) is 14.2 Å². The third-order valence-corrected chi connectivity index (χ3v) is 2.48. The molecule has 0 unspecified atom stereocenters. The van der Waals surface area contributed by atoms with Gasteiger partial charge < -0.3 is 18.9 Å². The summed E-state index contributed by atoms with van der Waals surface area (Å²) in [5.74, 6) is 0.983. The van der Waals surface area contributed by atoms with Gasteiger partial charge in [0.2, 0.25) is 11.3 Å². The zero-order valence-corrected chi connectivity index (χ0v) is 9.66. The van der Waals surface area contributed by atoms with E-state index in [9.17, 15) is 0 Å². The fourth-order valence-corrected chi connectivity index (χ4v) is 1.78. The molecule has 0 amide bonds. The predicted octanol–water partition coefficient (Wildman–Crippen LogP) is 3.16. The van der Waals surface area contributed by atoms with Crippen LogP contribution in [0, 0.1) is 4.84 Å². The van der Waals surface area contributed by atoms with Gasteiger partial charge in [-0.05, 0) is 12.2 Å². The lowest BCUT2D eigenvalue weighted by atomic mass is 10.3. The van der Waals surface area contributed by atoms with Crippen LogP contribution in [0.25, 0.3) is 11.1 Å². The summed E-state index contributed by atoms with van der Waals surface area (Å²) in [5.41, 5.74) is 1.08. The lowest BCUT2D eigenvalue weighted by molar-refractivity contribution is 0.353. The molecule has 1 N–H and O–H groups in total. The highest BCUT2D eigenvalue weighted by Crippen LogP contribution is 2.39. The maximum Gasteiger partial charge on any atom is 0.267 e. The number of ether oxygens (including phenoxy) is 2. The summed E-state index contributed by atoms with van der Waals surface area (Å²) in [6, 6.07) is 1.64. The van der Waals surface area contributed by atoms with Crippen LogP contribution in [0.1, 0.15) is 0 Å². The zero-order valence-electron chi connectivity index (χ0n) is 8.09. The van der Waals surface area contributed by atoms with Gasteiger partial charge in [-0.3, -0.25) is 0 Å². The Hall–Kier alpha value is -1.20. The molecule has 80 valence electrons. The minimum absolute atomic E-state index is 0.249. The molecule has 0 atom stereocenters. The highest BCUT2D eigenvalue weighted by molar-refractivity contribution is 7.71. The third kappa shape index (κ3) is 1.57. The molecule has 4 nitrogen and oxygen atoms in total. The Bertz CT molecular complexity index is 560. The molecule has 2 aromatic rings. The average Bonchev–Trinajstić information content (AvgIpc) is 2.60. The van der Waals surface area contributed by atoms with Crippen molar-refractivity contribution in [3.63, 3.8) is 0 Å².